The van der Waals surface area contributed by atoms with Gasteiger partial charge in [-0.1, -0.05) is 13.3 Å². The number of likely N-dealkylation sites (tertiary alicyclic amines) is 1. The van der Waals surface area contributed by atoms with Crippen molar-refractivity contribution in [3.8, 4) is 0 Å². The predicted octanol–water partition coefficient (Wildman–Crippen LogP) is 0.997. The summed E-state index contributed by atoms with van der Waals surface area (Å²) >= 11 is 0. The standard InChI is InChI=1S/C12H27N3/c1-4-11(8-13)9-15(3)12-6-5-7-14(2)10-12/h11-12H,4-10,13H2,1-3H3. The van der Waals surface area contributed by atoms with Crippen LogP contribution in [0.2, 0.25) is 0 Å². The Morgan fingerprint density at radius 2 is 2.27 bits per heavy atom. The number of nitrogens with zero attached hydrogens (tertiary/aromatic N) is 2. The van der Waals surface area contributed by atoms with Gasteiger partial charge in [-0.25, -0.2) is 0 Å². The lowest BCUT2D eigenvalue weighted by atomic mass is 10.0. The molecule has 0 radical (unpaired) electrons. The van der Waals surface area contributed by atoms with E-state index in [0.29, 0.717) is 5.92 Å². The Balaban J connectivity index is 2.34. The summed E-state index contributed by atoms with van der Waals surface area (Å²) in [4.78, 5) is 4.95. The van der Waals surface area contributed by atoms with Crippen LogP contribution < -0.4 is 5.73 Å². The smallest absolute Gasteiger partial charge is 0.0220 e. The van der Waals surface area contributed by atoms with Crippen LogP contribution in [-0.2, 0) is 0 Å². The molecule has 3 nitrogen and oxygen atoms in total. The first-order valence-corrected chi connectivity index (χ1v) is 6.26. The van der Waals surface area contributed by atoms with Crippen LogP contribution in [-0.4, -0.2) is 56.1 Å². The minimum absolute atomic E-state index is 0.669. The average Bonchev–Trinajstić information content (AvgIpc) is 2.25. The van der Waals surface area contributed by atoms with Gasteiger partial charge in [-0.2, -0.15) is 0 Å². The first-order valence-electron chi connectivity index (χ1n) is 6.26. The van der Waals surface area contributed by atoms with E-state index in [4.69, 9.17) is 5.73 Å². The Bertz CT molecular complexity index is 168. The van der Waals surface area contributed by atoms with Crippen LogP contribution in [0.5, 0.6) is 0 Å². The average molecular weight is 213 g/mol. The second-order valence-corrected chi connectivity index (χ2v) is 5.01. The van der Waals surface area contributed by atoms with Crippen molar-refractivity contribution in [3.05, 3.63) is 0 Å². The Morgan fingerprint density at radius 3 is 2.80 bits per heavy atom. The molecule has 1 fully saturated rings. The van der Waals surface area contributed by atoms with Crippen LogP contribution >= 0.6 is 0 Å². The molecule has 3 heteroatoms. The molecule has 1 saturated heterocycles. The van der Waals surface area contributed by atoms with Crippen LogP contribution in [0.1, 0.15) is 26.2 Å². The molecule has 0 amide bonds. The summed E-state index contributed by atoms with van der Waals surface area (Å²) in [6.07, 6.45) is 3.89. The van der Waals surface area contributed by atoms with Gasteiger partial charge in [0.15, 0.2) is 0 Å². The molecule has 1 heterocycles. The van der Waals surface area contributed by atoms with Gasteiger partial charge in [-0.05, 0) is 45.9 Å². The molecule has 1 rings (SSSR count). The molecule has 0 aromatic rings. The zero-order chi connectivity index (χ0) is 11.3. The number of hydrogen-bond donors (Lipinski definition) is 1. The second-order valence-electron chi connectivity index (χ2n) is 5.01. The molecule has 15 heavy (non-hydrogen) atoms. The maximum Gasteiger partial charge on any atom is 0.0220 e. The number of nitrogens with two attached hydrogens (primary N) is 1. The Labute approximate surface area is 94.6 Å². The van der Waals surface area contributed by atoms with Crippen molar-refractivity contribution in [1.82, 2.24) is 9.80 Å². The normalized spacial score (nSPS) is 25.8. The Hall–Kier alpha value is -0.120. The Morgan fingerprint density at radius 1 is 1.53 bits per heavy atom. The number of hydrogen-bond acceptors (Lipinski definition) is 3. The molecule has 2 N–H and O–H groups in total. The third-order valence-corrected chi connectivity index (χ3v) is 3.68. The summed E-state index contributed by atoms with van der Waals surface area (Å²) in [5, 5.41) is 0. The SMILES string of the molecule is CCC(CN)CN(C)C1CCCN(C)C1. The van der Waals surface area contributed by atoms with E-state index in [9.17, 15) is 0 Å². The van der Waals surface area contributed by atoms with Crippen molar-refractivity contribution in [2.45, 2.75) is 32.2 Å². The molecule has 1 aliphatic rings. The number of rotatable bonds is 5. The van der Waals surface area contributed by atoms with Crippen LogP contribution in [0.15, 0.2) is 0 Å². The lowest BCUT2D eigenvalue weighted by Crippen LogP contribution is -2.46. The quantitative estimate of drug-likeness (QED) is 0.739. The van der Waals surface area contributed by atoms with Gasteiger partial charge < -0.3 is 15.5 Å². The topological polar surface area (TPSA) is 32.5 Å². The minimum Gasteiger partial charge on any atom is -0.330 e. The molecule has 0 aromatic carbocycles. The molecule has 2 atom stereocenters. The second kappa shape index (κ2) is 6.46. The summed E-state index contributed by atoms with van der Waals surface area (Å²) in [6.45, 7) is 6.70. The van der Waals surface area contributed by atoms with Crippen LogP contribution in [0.4, 0.5) is 0 Å². The van der Waals surface area contributed by atoms with Crippen molar-refractivity contribution < 1.29 is 0 Å². The van der Waals surface area contributed by atoms with Crippen LogP contribution in [0.25, 0.3) is 0 Å². The molecule has 1 aliphatic heterocycles. The molecule has 0 spiro atoms. The van der Waals surface area contributed by atoms with Crippen molar-refractivity contribution in [2.24, 2.45) is 11.7 Å². The van der Waals surface area contributed by atoms with E-state index in [2.05, 4.69) is 30.8 Å². The van der Waals surface area contributed by atoms with Gasteiger partial charge in [-0.15, -0.1) is 0 Å². The van der Waals surface area contributed by atoms with Gasteiger partial charge in [0.25, 0.3) is 0 Å². The molecule has 0 saturated carbocycles. The fourth-order valence-corrected chi connectivity index (χ4v) is 2.43. The van der Waals surface area contributed by atoms with Gasteiger partial charge in [0.2, 0.25) is 0 Å². The summed E-state index contributed by atoms with van der Waals surface area (Å²) in [7, 11) is 4.47. The molecule has 2 unspecified atom stereocenters. The fourth-order valence-electron chi connectivity index (χ4n) is 2.43. The third-order valence-electron chi connectivity index (χ3n) is 3.68. The zero-order valence-corrected chi connectivity index (χ0v) is 10.6. The van der Waals surface area contributed by atoms with E-state index >= 15 is 0 Å². The summed E-state index contributed by atoms with van der Waals surface area (Å²) in [6, 6.07) is 0.740. The van der Waals surface area contributed by atoms with E-state index in [0.717, 1.165) is 19.1 Å². The molecule has 0 aliphatic carbocycles. The zero-order valence-electron chi connectivity index (χ0n) is 10.6. The van der Waals surface area contributed by atoms with Crippen molar-refractivity contribution >= 4 is 0 Å². The lowest BCUT2D eigenvalue weighted by Gasteiger charge is -2.37. The summed E-state index contributed by atoms with van der Waals surface area (Å²) in [5.41, 5.74) is 5.75. The highest BCUT2D eigenvalue weighted by atomic mass is 15.2. The maximum atomic E-state index is 5.75. The van der Waals surface area contributed by atoms with Crippen molar-refractivity contribution in [2.75, 3.05) is 40.3 Å². The number of likely N-dealkylation sites (N-methyl/N-ethyl adjacent to an activating group) is 2. The Kier molecular flexibility index (Phi) is 5.58. The summed E-state index contributed by atoms with van der Waals surface area (Å²) in [5.74, 6) is 0.669. The van der Waals surface area contributed by atoms with Crippen molar-refractivity contribution in [3.63, 3.8) is 0 Å². The highest BCUT2D eigenvalue weighted by molar-refractivity contribution is 4.78. The van der Waals surface area contributed by atoms with E-state index in [1.807, 2.05) is 0 Å². The van der Waals surface area contributed by atoms with Gasteiger partial charge in [-0.3, -0.25) is 0 Å². The minimum atomic E-state index is 0.669. The highest BCUT2D eigenvalue weighted by Crippen LogP contribution is 2.15. The van der Waals surface area contributed by atoms with Gasteiger partial charge in [0.1, 0.15) is 0 Å². The fraction of sp³-hybridized carbons (Fsp3) is 1.00. The van der Waals surface area contributed by atoms with E-state index in [1.165, 1.54) is 32.4 Å². The summed E-state index contributed by atoms with van der Waals surface area (Å²) < 4.78 is 0. The first-order chi connectivity index (χ1) is 7.17. The highest BCUT2D eigenvalue weighted by Gasteiger charge is 2.22. The largest absolute Gasteiger partial charge is 0.330 e. The first kappa shape index (κ1) is 12.9. The van der Waals surface area contributed by atoms with Gasteiger partial charge in [0.05, 0.1) is 0 Å². The molecule has 0 aromatic heterocycles. The van der Waals surface area contributed by atoms with Gasteiger partial charge >= 0.3 is 0 Å². The molecular weight excluding hydrogens is 186 g/mol. The van der Waals surface area contributed by atoms with E-state index < -0.39 is 0 Å². The maximum absolute atomic E-state index is 5.75. The molecule has 0 bridgehead atoms. The molecule has 90 valence electrons. The third kappa shape index (κ3) is 4.09. The lowest BCUT2D eigenvalue weighted by molar-refractivity contribution is 0.120. The number of piperidine rings is 1. The monoisotopic (exact) mass is 213 g/mol. The van der Waals surface area contributed by atoms with Crippen LogP contribution in [0, 0.1) is 5.92 Å². The van der Waals surface area contributed by atoms with Gasteiger partial charge in [0, 0.05) is 19.1 Å². The molecular formula is C12H27N3. The van der Waals surface area contributed by atoms with E-state index in [-0.39, 0.29) is 0 Å². The predicted molar refractivity (Wildman–Crippen MR) is 66.0 cm³/mol. The van der Waals surface area contributed by atoms with Crippen LogP contribution in [0.3, 0.4) is 0 Å². The van der Waals surface area contributed by atoms with E-state index in [1.54, 1.807) is 0 Å². The van der Waals surface area contributed by atoms with Crippen molar-refractivity contribution in [1.29, 1.82) is 0 Å².